The van der Waals surface area contributed by atoms with Crippen LogP contribution in [-0.2, 0) is 4.79 Å². The number of hydrogen-bond donors (Lipinski definition) is 2. The van der Waals surface area contributed by atoms with Crippen LogP contribution in [0.25, 0.3) is 0 Å². The predicted molar refractivity (Wildman–Crippen MR) is 64.6 cm³/mol. The first-order valence-corrected chi connectivity index (χ1v) is 6.13. The summed E-state index contributed by atoms with van der Waals surface area (Å²) in [5.74, 6) is 0.623. The summed E-state index contributed by atoms with van der Waals surface area (Å²) in [6.45, 7) is 7.00. The Labute approximate surface area is 93.8 Å². The zero-order valence-electron chi connectivity index (χ0n) is 10.4. The van der Waals surface area contributed by atoms with Gasteiger partial charge in [-0.05, 0) is 31.7 Å². The summed E-state index contributed by atoms with van der Waals surface area (Å²) in [4.78, 5) is 11.6. The molecule has 0 spiro atoms. The van der Waals surface area contributed by atoms with Gasteiger partial charge in [0.25, 0.3) is 0 Å². The Kier molecular flexibility index (Phi) is 8.38. The van der Waals surface area contributed by atoms with Gasteiger partial charge in [0, 0.05) is 12.5 Å². The van der Waals surface area contributed by atoms with Crippen LogP contribution in [0.2, 0.25) is 0 Å². The van der Waals surface area contributed by atoms with Gasteiger partial charge in [-0.25, -0.2) is 0 Å². The minimum absolute atomic E-state index is 0.176. The second-order valence-corrected chi connectivity index (χ2v) is 4.34. The van der Waals surface area contributed by atoms with Crippen molar-refractivity contribution in [2.75, 3.05) is 6.54 Å². The Morgan fingerprint density at radius 2 is 2.00 bits per heavy atom. The van der Waals surface area contributed by atoms with E-state index < -0.39 is 0 Å². The fraction of sp³-hybridized carbons (Fsp3) is 0.917. The van der Waals surface area contributed by atoms with E-state index in [2.05, 4.69) is 26.1 Å². The number of nitrogens with two attached hydrogens (primary N) is 1. The molecule has 0 aromatic rings. The van der Waals surface area contributed by atoms with Crippen molar-refractivity contribution in [1.29, 1.82) is 0 Å². The molecule has 2 atom stereocenters. The standard InChI is InChI=1S/C12H26N2O/c1-4-6-11(5-2)14-12(15)8-7-10(3)9-13/h10-11H,4-9,13H2,1-3H3,(H,14,15). The van der Waals surface area contributed by atoms with Crippen LogP contribution < -0.4 is 11.1 Å². The topological polar surface area (TPSA) is 55.1 Å². The van der Waals surface area contributed by atoms with E-state index in [0.29, 0.717) is 24.9 Å². The maximum absolute atomic E-state index is 11.6. The lowest BCUT2D eigenvalue weighted by Crippen LogP contribution is -2.34. The largest absolute Gasteiger partial charge is 0.353 e. The van der Waals surface area contributed by atoms with E-state index >= 15 is 0 Å². The van der Waals surface area contributed by atoms with Gasteiger partial charge in [0.05, 0.1) is 0 Å². The average molecular weight is 214 g/mol. The number of hydrogen-bond acceptors (Lipinski definition) is 2. The first kappa shape index (κ1) is 14.4. The van der Waals surface area contributed by atoms with E-state index in [1.54, 1.807) is 0 Å². The minimum atomic E-state index is 0.176. The molecule has 0 rings (SSSR count). The molecule has 1 amide bonds. The highest BCUT2D eigenvalue weighted by Crippen LogP contribution is 2.05. The fourth-order valence-electron chi connectivity index (χ4n) is 1.52. The molecule has 3 N–H and O–H groups in total. The van der Waals surface area contributed by atoms with Crippen LogP contribution >= 0.6 is 0 Å². The first-order valence-electron chi connectivity index (χ1n) is 6.13. The first-order chi connectivity index (χ1) is 7.13. The molecule has 0 aromatic heterocycles. The molecule has 15 heavy (non-hydrogen) atoms. The van der Waals surface area contributed by atoms with E-state index in [-0.39, 0.29) is 5.91 Å². The summed E-state index contributed by atoms with van der Waals surface area (Å²) in [6.07, 6.45) is 4.72. The smallest absolute Gasteiger partial charge is 0.220 e. The van der Waals surface area contributed by atoms with Crippen LogP contribution in [-0.4, -0.2) is 18.5 Å². The highest BCUT2D eigenvalue weighted by molar-refractivity contribution is 5.76. The molecule has 0 aromatic carbocycles. The van der Waals surface area contributed by atoms with Crippen LogP contribution in [0.5, 0.6) is 0 Å². The summed E-state index contributed by atoms with van der Waals surface area (Å²) >= 11 is 0. The molecule has 0 aliphatic rings. The second kappa shape index (κ2) is 8.72. The van der Waals surface area contributed by atoms with Crippen LogP contribution in [0, 0.1) is 5.92 Å². The summed E-state index contributed by atoms with van der Waals surface area (Å²) in [6, 6.07) is 0.357. The molecule has 2 unspecified atom stereocenters. The van der Waals surface area contributed by atoms with E-state index in [0.717, 1.165) is 25.7 Å². The molecule has 0 heterocycles. The van der Waals surface area contributed by atoms with Crippen molar-refractivity contribution >= 4 is 5.91 Å². The van der Waals surface area contributed by atoms with E-state index in [1.165, 1.54) is 0 Å². The third-order valence-corrected chi connectivity index (χ3v) is 2.76. The van der Waals surface area contributed by atoms with E-state index in [9.17, 15) is 4.79 Å². The highest BCUT2D eigenvalue weighted by Gasteiger charge is 2.10. The highest BCUT2D eigenvalue weighted by atomic mass is 16.1. The summed E-state index contributed by atoms with van der Waals surface area (Å²) < 4.78 is 0. The molecule has 90 valence electrons. The number of nitrogens with one attached hydrogen (secondary N) is 1. The average Bonchev–Trinajstić information content (AvgIpc) is 2.25. The molecule has 0 saturated heterocycles. The third-order valence-electron chi connectivity index (χ3n) is 2.76. The summed E-state index contributed by atoms with van der Waals surface area (Å²) in [5.41, 5.74) is 5.50. The molecule has 0 aliphatic carbocycles. The molecule has 0 bridgehead atoms. The van der Waals surface area contributed by atoms with Crippen LogP contribution in [0.1, 0.15) is 52.9 Å². The van der Waals surface area contributed by atoms with Crippen molar-refractivity contribution in [3.8, 4) is 0 Å². The SMILES string of the molecule is CCCC(CC)NC(=O)CCC(C)CN. The fourth-order valence-corrected chi connectivity index (χ4v) is 1.52. The normalized spacial score (nSPS) is 14.7. The number of carbonyl (C=O) groups excluding carboxylic acids is 1. The van der Waals surface area contributed by atoms with Gasteiger partial charge in [-0.2, -0.15) is 0 Å². The van der Waals surface area contributed by atoms with Gasteiger partial charge in [-0.1, -0.05) is 27.2 Å². The van der Waals surface area contributed by atoms with Gasteiger partial charge in [-0.3, -0.25) is 4.79 Å². The zero-order chi connectivity index (χ0) is 11.7. The Bertz CT molecular complexity index is 171. The van der Waals surface area contributed by atoms with Crippen molar-refractivity contribution in [1.82, 2.24) is 5.32 Å². The molecule has 0 radical (unpaired) electrons. The van der Waals surface area contributed by atoms with Crippen molar-refractivity contribution in [3.63, 3.8) is 0 Å². The maximum Gasteiger partial charge on any atom is 0.220 e. The molecular weight excluding hydrogens is 188 g/mol. The van der Waals surface area contributed by atoms with Crippen LogP contribution in [0.3, 0.4) is 0 Å². The van der Waals surface area contributed by atoms with E-state index in [1.807, 2.05) is 0 Å². The van der Waals surface area contributed by atoms with Gasteiger partial charge in [0.2, 0.25) is 5.91 Å². The van der Waals surface area contributed by atoms with Gasteiger partial charge in [-0.15, -0.1) is 0 Å². The Hall–Kier alpha value is -0.570. The quantitative estimate of drug-likeness (QED) is 0.650. The Morgan fingerprint density at radius 3 is 2.47 bits per heavy atom. The minimum Gasteiger partial charge on any atom is -0.353 e. The maximum atomic E-state index is 11.6. The molecule has 0 aliphatic heterocycles. The van der Waals surface area contributed by atoms with Gasteiger partial charge in [0.1, 0.15) is 0 Å². The van der Waals surface area contributed by atoms with Crippen LogP contribution in [0.15, 0.2) is 0 Å². The molecular formula is C12H26N2O. The Morgan fingerprint density at radius 1 is 1.33 bits per heavy atom. The lowest BCUT2D eigenvalue weighted by atomic mass is 10.0. The zero-order valence-corrected chi connectivity index (χ0v) is 10.4. The van der Waals surface area contributed by atoms with Gasteiger partial charge < -0.3 is 11.1 Å². The van der Waals surface area contributed by atoms with Crippen molar-refractivity contribution in [3.05, 3.63) is 0 Å². The van der Waals surface area contributed by atoms with Crippen LogP contribution in [0.4, 0.5) is 0 Å². The van der Waals surface area contributed by atoms with Gasteiger partial charge >= 0.3 is 0 Å². The second-order valence-electron chi connectivity index (χ2n) is 4.34. The third kappa shape index (κ3) is 7.37. The number of carbonyl (C=O) groups is 1. The molecule has 0 saturated carbocycles. The number of amides is 1. The Balaban J connectivity index is 3.70. The van der Waals surface area contributed by atoms with Crippen molar-refractivity contribution in [2.24, 2.45) is 11.7 Å². The summed E-state index contributed by atoms with van der Waals surface area (Å²) in [5, 5.41) is 3.07. The van der Waals surface area contributed by atoms with E-state index in [4.69, 9.17) is 5.73 Å². The van der Waals surface area contributed by atoms with Crippen molar-refractivity contribution < 1.29 is 4.79 Å². The monoisotopic (exact) mass is 214 g/mol. The summed E-state index contributed by atoms with van der Waals surface area (Å²) in [7, 11) is 0. The molecule has 3 heteroatoms. The molecule has 3 nitrogen and oxygen atoms in total. The van der Waals surface area contributed by atoms with Crippen molar-refractivity contribution in [2.45, 2.75) is 58.9 Å². The predicted octanol–water partition coefficient (Wildman–Crippen LogP) is 2.06. The lowest BCUT2D eigenvalue weighted by molar-refractivity contribution is -0.122. The number of rotatable bonds is 8. The molecule has 0 fully saturated rings. The lowest BCUT2D eigenvalue weighted by Gasteiger charge is -2.16. The van der Waals surface area contributed by atoms with Gasteiger partial charge in [0.15, 0.2) is 0 Å².